The van der Waals surface area contributed by atoms with E-state index in [4.69, 9.17) is 4.74 Å². The number of nitrogens with zero attached hydrogens (tertiary/aromatic N) is 1. The highest BCUT2D eigenvalue weighted by atomic mass is 32.1. The summed E-state index contributed by atoms with van der Waals surface area (Å²) < 4.78 is 5.03. The molecule has 0 aliphatic rings. The van der Waals surface area contributed by atoms with Crippen LogP contribution in [0.25, 0.3) is 0 Å². The first kappa shape index (κ1) is 13.4. The van der Waals surface area contributed by atoms with Crippen molar-refractivity contribution < 1.29 is 14.6 Å². The van der Waals surface area contributed by atoms with Gasteiger partial charge in [-0.2, -0.15) is 0 Å². The van der Waals surface area contributed by atoms with Gasteiger partial charge in [-0.1, -0.05) is 0 Å². The second kappa shape index (κ2) is 5.71. The molecule has 0 saturated carbocycles. The van der Waals surface area contributed by atoms with Gasteiger partial charge in [-0.25, -0.2) is 4.98 Å². The number of thiazole rings is 1. The molecule has 0 aliphatic heterocycles. The fraction of sp³-hybridized carbons (Fsp3) is 0.231. The van der Waals surface area contributed by atoms with Crippen LogP contribution in [0.1, 0.15) is 20.9 Å². The molecule has 0 atom stereocenters. The van der Waals surface area contributed by atoms with Gasteiger partial charge in [0.1, 0.15) is 11.5 Å². The van der Waals surface area contributed by atoms with Crippen molar-refractivity contribution in [3.05, 3.63) is 39.8 Å². The number of aromatic hydroxyl groups is 1. The number of amides is 1. The van der Waals surface area contributed by atoms with Crippen LogP contribution in [0, 0.1) is 6.92 Å². The number of methoxy groups -OCH3 is 1. The second-order valence-corrected chi connectivity index (χ2v) is 4.87. The zero-order valence-electron chi connectivity index (χ0n) is 10.6. The number of carbonyl (C=O) groups excluding carboxylic acids is 1. The molecule has 1 aromatic heterocycles. The lowest BCUT2D eigenvalue weighted by Crippen LogP contribution is -2.22. The summed E-state index contributed by atoms with van der Waals surface area (Å²) in [5, 5.41) is 12.4. The SMILES string of the molecule is COc1ccc(O)c(C(=O)NCc2scnc2C)c1. The molecule has 2 aromatic rings. The van der Waals surface area contributed by atoms with Gasteiger partial charge in [0.25, 0.3) is 5.91 Å². The van der Waals surface area contributed by atoms with E-state index in [0.717, 1.165) is 10.6 Å². The molecule has 0 spiro atoms. The van der Waals surface area contributed by atoms with E-state index in [1.165, 1.54) is 30.6 Å². The van der Waals surface area contributed by atoms with Gasteiger partial charge in [0, 0.05) is 4.88 Å². The average Bonchev–Trinajstić information content (AvgIpc) is 2.82. The zero-order valence-corrected chi connectivity index (χ0v) is 11.5. The Morgan fingerprint density at radius 2 is 2.32 bits per heavy atom. The van der Waals surface area contributed by atoms with Crippen molar-refractivity contribution in [2.75, 3.05) is 7.11 Å². The second-order valence-electron chi connectivity index (χ2n) is 3.93. The predicted molar refractivity (Wildman–Crippen MR) is 72.7 cm³/mol. The Hall–Kier alpha value is -2.08. The highest BCUT2D eigenvalue weighted by molar-refractivity contribution is 7.09. The fourth-order valence-corrected chi connectivity index (χ4v) is 2.29. The van der Waals surface area contributed by atoms with E-state index < -0.39 is 0 Å². The molecule has 0 bridgehead atoms. The molecule has 2 rings (SSSR count). The molecule has 0 aliphatic carbocycles. The maximum Gasteiger partial charge on any atom is 0.255 e. The maximum atomic E-state index is 12.0. The van der Waals surface area contributed by atoms with Crippen molar-refractivity contribution in [1.29, 1.82) is 0 Å². The molecule has 0 unspecified atom stereocenters. The highest BCUT2D eigenvalue weighted by Crippen LogP contribution is 2.23. The number of benzene rings is 1. The van der Waals surface area contributed by atoms with E-state index in [9.17, 15) is 9.90 Å². The minimum Gasteiger partial charge on any atom is -0.507 e. The molecular formula is C13H14N2O3S. The van der Waals surface area contributed by atoms with Crippen LogP contribution in [0.3, 0.4) is 0 Å². The molecule has 2 N–H and O–H groups in total. The molecule has 0 saturated heterocycles. The van der Waals surface area contributed by atoms with Crippen LogP contribution in [-0.2, 0) is 6.54 Å². The lowest BCUT2D eigenvalue weighted by Gasteiger charge is -2.08. The third-order valence-corrected chi connectivity index (χ3v) is 3.64. The van der Waals surface area contributed by atoms with E-state index in [1.54, 1.807) is 11.6 Å². The number of aryl methyl sites for hydroxylation is 1. The Morgan fingerprint density at radius 3 is 2.95 bits per heavy atom. The molecule has 100 valence electrons. The average molecular weight is 278 g/mol. The van der Waals surface area contributed by atoms with Crippen LogP contribution >= 0.6 is 11.3 Å². The van der Waals surface area contributed by atoms with Gasteiger partial charge >= 0.3 is 0 Å². The van der Waals surface area contributed by atoms with Crippen LogP contribution in [0.4, 0.5) is 0 Å². The Kier molecular flexibility index (Phi) is 4.01. The van der Waals surface area contributed by atoms with Crippen LogP contribution in [0.2, 0.25) is 0 Å². The van der Waals surface area contributed by atoms with Crippen LogP contribution in [0.5, 0.6) is 11.5 Å². The molecule has 0 fully saturated rings. The summed E-state index contributed by atoms with van der Waals surface area (Å²) in [7, 11) is 1.51. The first-order valence-electron chi connectivity index (χ1n) is 5.66. The Labute approximate surface area is 114 Å². The summed E-state index contributed by atoms with van der Waals surface area (Å²) in [6.07, 6.45) is 0. The predicted octanol–water partition coefficient (Wildman–Crippen LogP) is 2.10. The molecule has 0 radical (unpaired) electrons. The Morgan fingerprint density at radius 1 is 1.53 bits per heavy atom. The normalized spacial score (nSPS) is 10.2. The monoisotopic (exact) mass is 278 g/mol. The topological polar surface area (TPSA) is 71.5 Å². The van der Waals surface area contributed by atoms with Crippen LogP contribution in [0.15, 0.2) is 23.7 Å². The van der Waals surface area contributed by atoms with E-state index in [1.807, 2.05) is 6.92 Å². The van der Waals surface area contributed by atoms with Gasteiger partial charge in [0.2, 0.25) is 0 Å². The minimum absolute atomic E-state index is 0.0701. The van der Waals surface area contributed by atoms with Crippen LogP contribution in [-0.4, -0.2) is 23.1 Å². The summed E-state index contributed by atoms with van der Waals surface area (Å²) in [4.78, 5) is 17.1. The van der Waals surface area contributed by atoms with Crippen LogP contribution < -0.4 is 10.1 Å². The highest BCUT2D eigenvalue weighted by Gasteiger charge is 2.13. The van der Waals surface area contributed by atoms with Gasteiger partial charge in [0.05, 0.1) is 30.4 Å². The lowest BCUT2D eigenvalue weighted by atomic mass is 10.1. The van der Waals surface area contributed by atoms with E-state index in [0.29, 0.717) is 12.3 Å². The van der Waals surface area contributed by atoms with Crippen molar-refractivity contribution in [2.24, 2.45) is 0 Å². The van der Waals surface area contributed by atoms with E-state index in [-0.39, 0.29) is 17.2 Å². The maximum absolute atomic E-state index is 12.0. The van der Waals surface area contributed by atoms with Crippen molar-refractivity contribution in [3.63, 3.8) is 0 Å². The van der Waals surface area contributed by atoms with E-state index in [2.05, 4.69) is 10.3 Å². The largest absolute Gasteiger partial charge is 0.507 e. The molecular weight excluding hydrogens is 264 g/mol. The molecule has 19 heavy (non-hydrogen) atoms. The summed E-state index contributed by atoms with van der Waals surface area (Å²) >= 11 is 1.49. The van der Waals surface area contributed by atoms with Gasteiger partial charge in [0.15, 0.2) is 0 Å². The molecule has 5 nitrogen and oxygen atoms in total. The van der Waals surface area contributed by atoms with Crippen molar-refractivity contribution in [2.45, 2.75) is 13.5 Å². The van der Waals surface area contributed by atoms with E-state index >= 15 is 0 Å². The molecule has 1 amide bonds. The number of hydrogen-bond acceptors (Lipinski definition) is 5. The molecule has 6 heteroatoms. The van der Waals surface area contributed by atoms with Crippen molar-refractivity contribution in [1.82, 2.24) is 10.3 Å². The summed E-state index contributed by atoms with van der Waals surface area (Å²) in [6.45, 7) is 2.28. The zero-order chi connectivity index (χ0) is 13.8. The quantitative estimate of drug-likeness (QED) is 0.898. The van der Waals surface area contributed by atoms with Gasteiger partial charge in [-0.3, -0.25) is 4.79 Å². The number of hydrogen-bond donors (Lipinski definition) is 2. The first-order valence-corrected chi connectivity index (χ1v) is 6.54. The number of phenolic OH excluding ortho intramolecular Hbond substituents is 1. The number of ether oxygens (including phenoxy) is 1. The van der Waals surface area contributed by atoms with Gasteiger partial charge in [-0.15, -0.1) is 11.3 Å². The number of nitrogens with one attached hydrogen (secondary N) is 1. The summed E-state index contributed by atoms with van der Waals surface area (Å²) in [5.74, 6) is 0.112. The smallest absolute Gasteiger partial charge is 0.255 e. The molecule has 1 aromatic carbocycles. The number of aromatic nitrogens is 1. The number of carbonyl (C=O) groups is 1. The summed E-state index contributed by atoms with van der Waals surface area (Å²) in [5.41, 5.74) is 2.83. The standard InChI is InChI=1S/C13H14N2O3S/c1-8-12(19-7-15-8)6-14-13(17)10-5-9(18-2)3-4-11(10)16/h3-5,7,16H,6H2,1-2H3,(H,14,17). The summed E-state index contributed by atoms with van der Waals surface area (Å²) in [6, 6.07) is 4.54. The molecule has 1 heterocycles. The number of rotatable bonds is 4. The van der Waals surface area contributed by atoms with Gasteiger partial charge in [-0.05, 0) is 25.1 Å². The number of phenols is 1. The first-order chi connectivity index (χ1) is 9.11. The van der Waals surface area contributed by atoms with Gasteiger partial charge < -0.3 is 15.2 Å². The third kappa shape index (κ3) is 3.03. The van der Waals surface area contributed by atoms with Crippen molar-refractivity contribution in [3.8, 4) is 11.5 Å². The minimum atomic E-state index is -0.343. The third-order valence-electron chi connectivity index (χ3n) is 2.70. The van der Waals surface area contributed by atoms with Crippen molar-refractivity contribution >= 4 is 17.2 Å². The lowest BCUT2D eigenvalue weighted by molar-refractivity contribution is 0.0948. The fourth-order valence-electron chi connectivity index (χ4n) is 1.58. The Bertz CT molecular complexity index is 595. The Balaban J connectivity index is 2.10.